The molecule has 0 amide bonds. The average Bonchev–Trinajstić information content (AvgIpc) is 2.80. The van der Waals surface area contributed by atoms with Crippen LogP contribution in [-0.2, 0) is 19.6 Å². The molecule has 0 unspecified atom stereocenters. The van der Waals surface area contributed by atoms with Gasteiger partial charge in [-0.15, -0.1) is 0 Å². The Labute approximate surface area is 115 Å². The second-order valence-corrected chi connectivity index (χ2v) is 4.79. The lowest BCUT2D eigenvalue weighted by Crippen LogP contribution is -2.22. The number of rotatable bonds is 6. The molecule has 0 fully saturated rings. The summed E-state index contributed by atoms with van der Waals surface area (Å²) in [7, 11) is 0. The number of nitrogens with zero attached hydrogens (tertiary/aromatic N) is 1. The molecule has 1 heterocycles. The first-order chi connectivity index (χ1) is 9.22. The van der Waals surface area contributed by atoms with Gasteiger partial charge in [0.2, 0.25) is 0 Å². The lowest BCUT2D eigenvalue weighted by Gasteiger charge is -2.20. The number of benzene rings is 1. The molecule has 0 radical (unpaired) electrons. The Hall–Kier alpha value is -1.58. The maximum Gasteiger partial charge on any atom is 0.118 e. The van der Waals surface area contributed by atoms with Gasteiger partial charge < -0.3 is 10.2 Å². The molecule has 3 nitrogen and oxygen atoms in total. The summed E-state index contributed by atoms with van der Waals surface area (Å²) in [4.78, 5) is 2.40. The van der Waals surface area contributed by atoms with Gasteiger partial charge in [0.25, 0.3) is 0 Å². The van der Waals surface area contributed by atoms with Crippen LogP contribution in [0.15, 0.2) is 40.8 Å². The summed E-state index contributed by atoms with van der Waals surface area (Å²) in [5.74, 6) is 1.84. The van der Waals surface area contributed by atoms with Crippen molar-refractivity contribution in [2.24, 2.45) is 5.73 Å². The van der Waals surface area contributed by atoms with E-state index in [0.29, 0.717) is 6.54 Å². The highest BCUT2D eigenvalue weighted by molar-refractivity contribution is 5.21. The van der Waals surface area contributed by atoms with Crippen LogP contribution in [0.3, 0.4) is 0 Å². The minimum Gasteiger partial charge on any atom is -0.465 e. The Balaban J connectivity index is 2.04. The molecule has 0 aliphatic heterocycles. The van der Waals surface area contributed by atoms with Crippen LogP contribution in [0.4, 0.5) is 0 Å². The van der Waals surface area contributed by atoms with Gasteiger partial charge in [-0.2, -0.15) is 0 Å². The fraction of sp³-hybridized carbons (Fsp3) is 0.375. The van der Waals surface area contributed by atoms with Crippen molar-refractivity contribution in [2.75, 3.05) is 6.54 Å². The van der Waals surface area contributed by atoms with E-state index in [1.54, 1.807) is 0 Å². The Morgan fingerprint density at radius 2 is 1.89 bits per heavy atom. The lowest BCUT2D eigenvalue weighted by molar-refractivity contribution is 0.269. The number of hydrogen-bond acceptors (Lipinski definition) is 3. The van der Waals surface area contributed by atoms with E-state index in [0.717, 1.165) is 31.2 Å². The number of aryl methyl sites for hydroxylation is 1. The Morgan fingerprint density at radius 1 is 1.16 bits per heavy atom. The fourth-order valence-electron chi connectivity index (χ4n) is 2.21. The van der Waals surface area contributed by atoms with Crippen molar-refractivity contribution in [3.8, 4) is 0 Å². The van der Waals surface area contributed by atoms with E-state index in [1.807, 2.05) is 13.0 Å². The van der Waals surface area contributed by atoms with E-state index in [4.69, 9.17) is 10.2 Å². The van der Waals surface area contributed by atoms with Gasteiger partial charge in [0.05, 0.1) is 6.54 Å². The van der Waals surface area contributed by atoms with Gasteiger partial charge >= 0.3 is 0 Å². The maximum absolute atomic E-state index is 5.61. The molecule has 0 bridgehead atoms. The molecule has 0 saturated heterocycles. The summed E-state index contributed by atoms with van der Waals surface area (Å²) in [6, 6.07) is 12.6. The first-order valence-corrected chi connectivity index (χ1v) is 6.77. The molecule has 1 aromatic carbocycles. The third-order valence-corrected chi connectivity index (χ3v) is 3.36. The van der Waals surface area contributed by atoms with Gasteiger partial charge in [0.1, 0.15) is 11.5 Å². The summed E-state index contributed by atoms with van der Waals surface area (Å²) in [5.41, 5.74) is 8.18. The predicted molar refractivity (Wildman–Crippen MR) is 77.6 cm³/mol. The van der Waals surface area contributed by atoms with Crippen molar-refractivity contribution < 1.29 is 4.42 Å². The van der Waals surface area contributed by atoms with Gasteiger partial charge in [-0.1, -0.05) is 37.3 Å². The third kappa shape index (κ3) is 3.69. The Bertz CT molecular complexity index is 505. The van der Waals surface area contributed by atoms with Crippen molar-refractivity contribution in [1.82, 2.24) is 4.90 Å². The van der Waals surface area contributed by atoms with E-state index >= 15 is 0 Å². The quantitative estimate of drug-likeness (QED) is 0.866. The maximum atomic E-state index is 5.61. The fourth-order valence-corrected chi connectivity index (χ4v) is 2.21. The van der Waals surface area contributed by atoms with Crippen LogP contribution >= 0.6 is 0 Å². The molecule has 102 valence electrons. The van der Waals surface area contributed by atoms with Crippen molar-refractivity contribution >= 4 is 0 Å². The zero-order chi connectivity index (χ0) is 13.7. The first-order valence-electron chi connectivity index (χ1n) is 6.77. The van der Waals surface area contributed by atoms with E-state index in [9.17, 15) is 0 Å². The van der Waals surface area contributed by atoms with Crippen LogP contribution in [-0.4, -0.2) is 11.4 Å². The minimum atomic E-state index is 0.464. The van der Waals surface area contributed by atoms with Gasteiger partial charge in [-0.05, 0) is 25.1 Å². The van der Waals surface area contributed by atoms with Crippen LogP contribution in [0.1, 0.15) is 29.6 Å². The highest BCUT2D eigenvalue weighted by atomic mass is 16.3. The van der Waals surface area contributed by atoms with Crippen LogP contribution in [0.2, 0.25) is 0 Å². The average molecular weight is 258 g/mol. The Kier molecular flexibility index (Phi) is 4.77. The number of furan rings is 1. The minimum absolute atomic E-state index is 0.464. The van der Waals surface area contributed by atoms with Crippen molar-refractivity contribution in [2.45, 2.75) is 33.5 Å². The van der Waals surface area contributed by atoms with Crippen molar-refractivity contribution in [3.63, 3.8) is 0 Å². The predicted octanol–water partition coefficient (Wildman–Crippen LogP) is 3.07. The molecular formula is C16H22N2O. The van der Waals surface area contributed by atoms with Crippen LogP contribution < -0.4 is 5.73 Å². The molecule has 2 N–H and O–H groups in total. The lowest BCUT2D eigenvalue weighted by atomic mass is 10.2. The highest BCUT2D eigenvalue weighted by Crippen LogP contribution is 2.17. The molecule has 0 saturated carbocycles. The third-order valence-electron chi connectivity index (χ3n) is 3.36. The van der Waals surface area contributed by atoms with Crippen molar-refractivity contribution in [1.29, 1.82) is 0 Å². The SMILES string of the molecule is CCN(Cc1ccccc1)Cc1cc(CN)oc1C. The smallest absolute Gasteiger partial charge is 0.118 e. The largest absolute Gasteiger partial charge is 0.465 e. The molecule has 0 spiro atoms. The summed E-state index contributed by atoms with van der Waals surface area (Å²) >= 11 is 0. The molecule has 1 aromatic heterocycles. The zero-order valence-electron chi connectivity index (χ0n) is 11.7. The molecular weight excluding hydrogens is 236 g/mol. The Morgan fingerprint density at radius 3 is 2.47 bits per heavy atom. The van der Waals surface area contributed by atoms with E-state index in [-0.39, 0.29) is 0 Å². The normalized spacial score (nSPS) is 11.2. The topological polar surface area (TPSA) is 42.4 Å². The van der Waals surface area contributed by atoms with Gasteiger partial charge in [-0.25, -0.2) is 0 Å². The second-order valence-electron chi connectivity index (χ2n) is 4.79. The summed E-state index contributed by atoms with van der Waals surface area (Å²) in [6.45, 7) is 7.52. The standard InChI is InChI=1S/C16H22N2O/c1-3-18(11-14-7-5-4-6-8-14)12-15-9-16(10-17)19-13(15)2/h4-9H,3,10-12,17H2,1-2H3. The summed E-state index contributed by atoms with van der Waals surface area (Å²) < 4.78 is 5.61. The molecule has 2 aromatic rings. The monoisotopic (exact) mass is 258 g/mol. The second kappa shape index (κ2) is 6.55. The molecule has 3 heteroatoms. The summed E-state index contributed by atoms with van der Waals surface area (Å²) in [5, 5.41) is 0. The van der Waals surface area contributed by atoms with E-state index in [1.165, 1.54) is 11.1 Å². The van der Waals surface area contributed by atoms with E-state index in [2.05, 4.69) is 42.2 Å². The van der Waals surface area contributed by atoms with Gasteiger partial charge in [-0.3, -0.25) is 4.90 Å². The number of nitrogens with two attached hydrogens (primary N) is 1. The molecule has 0 atom stereocenters. The number of hydrogen-bond donors (Lipinski definition) is 1. The van der Waals surface area contributed by atoms with E-state index < -0.39 is 0 Å². The van der Waals surface area contributed by atoms with Gasteiger partial charge in [0, 0.05) is 18.7 Å². The van der Waals surface area contributed by atoms with Gasteiger partial charge in [0.15, 0.2) is 0 Å². The molecule has 0 aliphatic rings. The summed E-state index contributed by atoms with van der Waals surface area (Å²) in [6.07, 6.45) is 0. The molecule has 2 rings (SSSR count). The molecule has 0 aliphatic carbocycles. The van der Waals surface area contributed by atoms with Crippen LogP contribution in [0.5, 0.6) is 0 Å². The first kappa shape index (κ1) is 13.8. The molecule has 19 heavy (non-hydrogen) atoms. The van der Waals surface area contributed by atoms with Crippen LogP contribution in [0.25, 0.3) is 0 Å². The van der Waals surface area contributed by atoms with Crippen LogP contribution in [0, 0.1) is 6.92 Å². The van der Waals surface area contributed by atoms with Crippen molar-refractivity contribution in [3.05, 3.63) is 59.0 Å². The zero-order valence-corrected chi connectivity index (χ0v) is 11.7. The highest BCUT2D eigenvalue weighted by Gasteiger charge is 2.11.